The summed E-state index contributed by atoms with van der Waals surface area (Å²) in [6, 6.07) is 0. The van der Waals surface area contributed by atoms with E-state index < -0.39 is 0 Å². The molecule has 0 aliphatic carbocycles. The number of aromatic nitrogens is 3. The van der Waals surface area contributed by atoms with Crippen LogP contribution >= 0.6 is 0 Å². The van der Waals surface area contributed by atoms with Crippen LogP contribution in [0.1, 0.15) is 5.69 Å². The minimum absolute atomic E-state index is 0.233. The fraction of sp³-hybridized carbons (Fsp3) is 0.333. The molecule has 0 saturated carbocycles. The Morgan fingerprint density at radius 2 is 2.56 bits per heavy atom. The Balaban J connectivity index is 2.61. The summed E-state index contributed by atoms with van der Waals surface area (Å²) in [4.78, 5) is 5.36. The van der Waals surface area contributed by atoms with E-state index in [9.17, 15) is 0 Å². The highest BCUT2D eigenvalue weighted by molar-refractivity contribution is 4.88. The van der Waals surface area contributed by atoms with Gasteiger partial charge in [0.05, 0.1) is 6.20 Å². The molecule has 0 aliphatic heterocycles. The average Bonchev–Trinajstić information content (AvgIpc) is 2.17. The molecule has 0 aliphatic rings. The number of hydrogen-bond acceptors (Lipinski definition) is 5. The molecule has 0 atom stereocenters. The lowest BCUT2D eigenvalue weighted by molar-refractivity contribution is 0.121. The van der Waals surface area contributed by atoms with Crippen LogP contribution in [0.3, 0.4) is 0 Å². The third-order valence-electron chi connectivity index (χ3n) is 0.789. The van der Waals surface area contributed by atoms with Crippen molar-refractivity contribution in [1.29, 1.82) is 0 Å². The lowest BCUT2D eigenvalue weighted by Crippen LogP contribution is -2.07. The van der Waals surface area contributed by atoms with Gasteiger partial charge < -0.3 is 5.84 Å². The number of nitrogens with zero attached hydrogens (tertiary/aromatic N) is 3. The van der Waals surface area contributed by atoms with E-state index in [4.69, 9.17) is 11.7 Å². The van der Waals surface area contributed by atoms with Crippen LogP contribution in [0.5, 0.6) is 0 Å². The lowest BCUT2D eigenvalue weighted by Gasteiger charge is -1.86. The summed E-state index contributed by atoms with van der Waals surface area (Å²) in [5, 5.41) is 7.03. The minimum atomic E-state index is 0.233. The summed E-state index contributed by atoms with van der Waals surface area (Å²) in [5.41, 5.74) is 0.611. The smallest absolute Gasteiger partial charge is 0.114 e. The van der Waals surface area contributed by atoms with E-state index in [0.717, 1.165) is 4.79 Å². The number of rotatable bonds is 2. The van der Waals surface area contributed by atoms with Gasteiger partial charge in [0.25, 0.3) is 0 Å². The molecule has 1 aromatic heterocycles. The maximum absolute atomic E-state index is 5.16. The maximum Gasteiger partial charge on any atom is 0.114 e. The molecule has 0 unspecified atom stereocenters. The van der Waals surface area contributed by atoms with Gasteiger partial charge in [-0.1, -0.05) is 0 Å². The molecule has 4 N–H and O–H groups in total. The van der Waals surface area contributed by atoms with Gasteiger partial charge in [-0.2, -0.15) is 4.79 Å². The van der Waals surface area contributed by atoms with E-state index in [0.29, 0.717) is 5.69 Å². The molecule has 6 nitrogen and oxygen atoms in total. The zero-order valence-corrected chi connectivity index (χ0v) is 4.69. The molecule has 0 spiro atoms. The topological polar surface area (TPSA) is 92.0 Å². The van der Waals surface area contributed by atoms with Crippen LogP contribution in [0.25, 0.3) is 0 Å². The third-order valence-corrected chi connectivity index (χ3v) is 0.789. The second-order valence-electron chi connectivity index (χ2n) is 1.50. The second-order valence-corrected chi connectivity index (χ2v) is 1.50. The highest BCUT2D eigenvalue weighted by atomic mass is 16.6. The summed E-state index contributed by atoms with van der Waals surface area (Å²) in [6.07, 6.45) is 1.52. The van der Waals surface area contributed by atoms with Crippen molar-refractivity contribution in [2.75, 3.05) is 5.84 Å². The van der Waals surface area contributed by atoms with Gasteiger partial charge in [0.15, 0.2) is 0 Å². The van der Waals surface area contributed by atoms with E-state index in [-0.39, 0.29) is 6.61 Å². The normalized spacial score (nSPS) is 9.89. The molecule has 0 amide bonds. The van der Waals surface area contributed by atoms with Gasteiger partial charge in [-0.05, 0) is 5.21 Å². The van der Waals surface area contributed by atoms with E-state index in [1.54, 1.807) is 0 Å². The summed E-state index contributed by atoms with van der Waals surface area (Å²) >= 11 is 0. The standard InChI is InChI=1S/C3H7N5O/c4-8-1-3(2-9-5)6-7-8/h1H,2,4-5H2. The predicted molar refractivity (Wildman–Crippen MR) is 29.1 cm³/mol. The van der Waals surface area contributed by atoms with Crippen molar-refractivity contribution in [2.45, 2.75) is 6.61 Å². The molecule has 50 valence electrons. The highest BCUT2D eigenvalue weighted by Crippen LogP contribution is 1.88. The first kappa shape index (κ1) is 5.99. The molecular weight excluding hydrogens is 122 g/mol. The first-order chi connectivity index (χ1) is 4.33. The highest BCUT2D eigenvalue weighted by Gasteiger charge is 1.94. The van der Waals surface area contributed by atoms with Gasteiger partial charge in [0.2, 0.25) is 0 Å². The van der Waals surface area contributed by atoms with Gasteiger partial charge in [-0.3, -0.25) is 4.84 Å². The van der Waals surface area contributed by atoms with Gasteiger partial charge in [-0.15, -0.1) is 5.10 Å². The fourth-order valence-corrected chi connectivity index (χ4v) is 0.465. The van der Waals surface area contributed by atoms with Crippen LogP contribution in [0.15, 0.2) is 6.20 Å². The molecule has 1 aromatic rings. The molecule has 0 radical (unpaired) electrons. The Morgan fingerprint density at radius 3 is 3.00 bits per heavy atom. The Labute approximate surface area is 51.3 Å². The monoisotopic (exact) mass is 129 g/mol. The zero-order chi connectivity index (χ0) is 6.69. The fourth-order valence-electron chi connectivity index (χ4n) is 0.465. The molecule has 0 saturated heterocycles. The lowest BCUT2D eigenvalue weighted by atomic mass is 10.5. The minimum Gasteiger partial charge on any atom is -0.322 e. The summed E-state index contributed by atoms with van der Waals surface area (Å²) < 4.78 is 0. The molecule has 6 heteroatoms. The Morgan fingerprint density at radius 1 is 1.78 bits per heavy atom. The SMILES string of the molecule is NOCc1cn(N)nn1. The number of nitrogens with two attached hydrogens (primary N) is 2. The van der Waals surface area contributed by atoms with Crippen molar-refractivity contribution in [3.63, 3.8) is 0 Å². The van der Waals surface area contributed by atoms with Crippen LogP contribution < -0.4 is 11.7 Å². The van der Waals surface area contributed by atoms with Gasteiger partial charge in [0.1, 0.15) is 12.3 Å². The maximum atomic E-state index is 5.16. The third kappa shape index (κ3) is 1.37. The molecule has 0 fully saturated rings. The van der Waals surface area contributed by atoms with Crippen molar-refractivity contribution in [3.8, 4) is 0 Å². The molecule has 0 bridgehead atoms. The van der Waals surface area contributed by atoms with E-state index in [1.165, 1.54) is 6.20 Å². The second kappa shape index (κ2) is 2.42. The Bertz CT molecular complexity index is 184. The van der Waals surface area contributed by atoms with Gasteiger partial charge >= 0.3 is 0 Å². The average molecular weight is 129 g/mol. The summed E-state index contributed by atoms with van der Waals surface area (Å²) in [6.45, 7) is 0.233. The largest absolute Gasteiger partial charge is 0.322 e. The number of hydrogen-bond donors (Lipinski definition) is 2. The first-order valence-electron chi connectivity index (χ1n) is 2.31. The molecule has 0 aromatic carbocycles. The van der Waals surface area contributed by atoms with E-state index in [2.05, 4.69) is 15.1 Å². The van der Waals surface area contributed by atoms with Crippen LogP contribution in [-0.4, -0.2) is 15.1 Å². The van der Waals surface area contributed by atoms with Crippen molar-refractivity contribution < 1.29 is 4.84 Å². The van der Waals surface area contributed by atoms with Crippen molar-refractivity contribution in [2.24, 2.45) is 5.90 Å². The van der Waals surface area contributed by atoms with Crippen LogP contribution in [0, 0.1) is 0 Å². The summed E-state index contributed by atoms with van der Waals surface area (Å²) in [7, 11) is 0. The van der Waals surface area contributed by atoms with Crippen LogP contribution in [0.4, 0.5) is 0 Å². The van der Waals surface area contributed by atoms with Crippen molar-refractivity contribution in [1.82, 2.24) is 15.1 Å². The molecular formula is C3H7N5O. The molecule has 1 rings (SSSR count). The Kier molecular flexibility index (Phi) is 1.61. The molecule has 1 heterocycles. The van der Waals surface area contributed by atoms with Gasteiger partial charge in [-0.25, -0.2) is 5.90 Å². The predicted octanol–water partition coefficient (Wildman–Crippen LogP) is -1.62. The number of nitrogen functional groups attached to an aromatic ring is 1. The van der Waals surface area contributed by atoms with Crippen LogP contribution in [-0.2, 0) is 11.4 Å². The van der Waals surface area contributed by atoms with E-state index >= 15 is 0 Å². The van der Waals surface area contributed by atoms with Crippen molar-refractivity contribution >= 4 is 0 Å². The summed E-state index contributed by atoms with van der Waals surface area (Å²) in [5.74, 6) is 9.91. The van der Waals surface area contributed by atoms with E-state index in [1.807, 2.05) is 0 Å². The van der Waals surface area contributed by atoms with Crippen molar-refractivity contribution in [3.05, 3.63) is 11.9 Å². The molecule has 9 heavy (non-hydrogen) atoms. The van der Waals surface area contributed by atoms with Crippen LogP contribution in [0.2, 0.25) is 0 Å². The zero-order valence-electron chi connectivity index (χ0n) is 4.69. The van der Waals surface area contributed by atoms with Gasteiger partial charge in [0, 0.05) is 0 Å². The first-order valence-corrected chi connectivity index (χ1v) is 2.31. The Hall–Kier alpha value is -1.14. The quantitative estimate of drug-likeness (QED) is 0.370.